The molecule has 0 aliphatic carbocycles. The van der Waals surface area contributed by atoms with Crippen LogP contribution in [0.4, 0.5) is 0 Å². The molecule has 0 saturated heterocycles. The molecule has 0 rings (SSSR count). The second kappa shape index (κ2) is 7.67. The molecular weight excluding hydrogens is 216 g/mol. The van der Waals surface area contributed by atoms with E-state index in [1.165, 1.54) is 0 Å². The highest BCUT2D eigenvalue weighted by Gasteiger charge is 2.16. The molecule has 0 bridgehead atoms. The number of aliphatic hydroxyl groups excluding tert-OH is 1. The number of nitrogens with one attached hydrogen (secondary N) is 2. The van der Waals surface area contributed by atoms with Crippen LogP contribution in [0.5, 0.6) is 0 Å². The third kappa shape index (κ3) is 11.6. The second-order valence-corrected chi connectivity index (χ2v) is 6.25. The molecule has 1 amide bonds. The van der Waals surface area contributed by atoms with Crippen LogP contribution in [-0.4, -0.2) is 36.8 Å². The largest absolute Gasteiger partial charge is 0.392 e. The molecule has 0 aliphatic rings. The van der Waals surface area contributed by atoms with Crippen LogP contribution >= 0.6 is 0 Å². The number of hydrogen-bond acceptors (Lipinski definition) is 3. The van der Waals surface area contributed by atoms with Crippen molar-refractivity contribution in [3.8, 4) is 0 Å². The van der Waals surface area contributed by atoms with Gasteiger partial charge < -0.3 is 15.7 Å². The molecule has 4 heteroatoms. The van der Waals surface area contributed by atoms with Gasteiger partial charge in [0, 0.05) is 13.1 Å². The molecule has 0 aliphatic heterocycles. The summed E-state index contributed by atoms with van der Waals surface area (Å²) in [5.74, 6) is 0.451. The second-order valence-electron chi connectivity index (χ2n) is 6.25. The van der Waals surface area contributed by atoms with Crippen molar-refractivity contribution in [2.75, 3.05) is 19.6 Å². The summed E-state index contributed by atoms with van der Waals surface area (Å²) in [6.07, 6.45) is 0.334. The van der Waals surface area contributed by atoms with Gasteiger partial charge in [-0.05, 0) is 17.8 Å². The van der Waals surface area contributed by atoms with Gasteiger partial charge in [-0.3, -0.25) is 4.79 Å². The molecule has 0 radical (unpaired) electrons. The SMILES string of the molecule is CC(C)CNC(=O)CNCC(O)CC(C)(C)C. The molecule has 0 heterocycles. The quantitative estimate of drug-likeness (QED) is 0.629. The van der Waals surface area contributed by atoms with E-state index in [2.05, 4.69) is 45.3 Å². The lowest BCUT2D eigenvalue weighted by molar-refractivity contribution is -0.120. The predicted molar refractivity (Wildman–Crippen MR) is 70.8 cm³/mol. The summed E-state index contributed by atoms with van der Waals surface area (Å²) in [6, 6.07) is 0. The van der Waals surface area contributed by atoms with Crippen LogP contribution in [0.2, 0.25) is 0 Å². The number of rotatable bonds is 7. The maximum atomic E-state index is 11.4. The van der Waals surface area contributed by atoms with E-state index in [0.717, 1.165) is 6.42 Å². The van der Waals surface area contributed by atoms with Crippen LogP contribution in [-0.2, 0) is 4.79 Å². The smallest absolute Gasteiger partial charge is 0.233 e. The number of carbonyl (C=O) groups excluding carboxylic acids is 1. The van der Waals surface area contributed by atoms with Gasteiger partial charge in [0.15, 0.2) is 0 Å². The van der Waals surface area contributed by atoms with Crippen LogP contribution in [0.1, 0.15) is 41.0 Å². The Labute approximate surface area is 105 Å². The summed E-state index contributed by atoms with van der Waals surface area (Å²) in [5, 5.41) is 15.5. The van der Waals surface area contributed by atoms with Crippen LogP contribution in [0, 0.1) is 11.3 Å². The third-order valence-electron chi connectivity index (χ3n) is 2.22. The predicted octanol–water partition coefficient (Wildman–Crippen LogP) is 1.15. The standard InChI is InChI=1S/C13H28N2O2/c1-10(2)7-15-12(17)9-14-8-11(16)6-13(3,4)5/h10-11,14,16H,6-9H2,1-5H3,(H,15,17). The van der Waals surface area contributed by atoms with Gasteiger partial charge in [0.05, 0.1) is 12.6 Å². The average molecular weight is 244 g/mol. The molecule has 1 unspecified atom stereocenters. The normalized spacial score (nSPS) is 13.8. The number of hydrogen-bond donors (Lipinski definition) is 3. The highest BCUT2D eigenvalue weighted by molar-refractivity contribution is 5.77. The van der Waals surface area contributed by atoms with Gasteiger partial charge in [0.1, 0.15) is 0 Å². The number of aliphatic hydroxyl groups is 1. The molecule has 0 aromatic carbocycles. The van der Waals surface area contributed by atoms with Gasteiger partial charge in [-0.25, -0.2) is 0 Å². The van der Waals surface area contributed by atoms with Crippen molar-refractivity contribution >= 4 is 5.91 Å². The Morgan fingerprint density at radius 3 is 2.29 bits per heavy atom. The fourth-order valence-corrected chi connectivity index (χ4v) is 1.51. The summed E-state index contributed by atoms with van der Waals surface area (Å²) >= 11 is 0. The fourth-order valence-electron chi connectivity index (χ4n) is 1.51. The Balaban J connectivity index is 3.59. The highest BCUT2D eigenvalue weighted by Crippen LogP contribution is 2.20. The van der Waals surface area contributed by atoms with Crippen molar-refractivity contribution in [1.29, 1.82) is 0 Å². The van der Waals surface area contributed by atoms with Crippen LogP contribution in [0.15, 0.2) is 0 Å². The topological polar surface area (TPSA) is 61.4 Å². The van der Waals surface area contributed by atoms with Gasteiger partial charge in [-0.1, -0.05) is 34.6 Å². The first-order chi connectivity index (χ1) is 7.70. The zero-order valence-electron chi connectivity index (χ0n) is 11.8. The Hall–Kier alpha value is -0.610. The first-order valence-corrected chi connectivity index (χ1v) is 6.36. The van der Waals surface area contributed by atoms with E-state index in [9.17, 15) is 9.90 Å². The van der Waals surface area contributed by atoms with Gasteiger partial charge in [-0.15, -0.1) is 0 Å². The number of carbonyl (C=O) groups is 1. The zero-order chi connectivity index (χ0) is 13.5. The Bertz CT molecular complexity index is 222. The molecule has 3 N–H and O–H groups in total. The van der Waals surface area contributed by atoms with E-state index in [4.69, 9.17) is 0 Å². The van der Waals surface area contributed by atoms with Crippen LogP contribution < -0.4 is 10.6 Å². The number of amides is 1. The van der Waals surface area contributed by atoms with Crippen molar-refractivity contribution < 1.29 is 9.90 Å². The van der Waals surface area contributed by atoms with E-state index in [1.807, 2.05) is 0 Å². The molecule has 102 valence electrons. The molecule has 0 aromatic heterocycles. The molecule has 17 heavy (non-hydrogen) atoms. The molecule has 0 fully saturated rings. The lowest BCUT2D eigenvalue weighted by Gasteiger charge is -2.22. The van der Waals surface area contributed by atoms with Crippen LogP contribution in [0.25, 0.3) is 0 Å². The van der Waals surface area contributed by atoms with E-state index >= 15 is 0 Å². The third-order valence-corrected chi connectivity index (χ3v) is 2.22. The summed E-state index contributed by atoms with van der Waals surface area (Å²) in [6.45, 7) is 11.8. The minimum absolute atomic E-state index is 0.0124. The van der Waals surface area contributed by atoms with Gasteiger partial charge in [-0.2, -0.15) is 0 Å². The van der Waals surface area contributed by atoms with Crippen LogP contribution in [0.3, 0.4) is 0 Å². The maximum Gasteiger partial charge on any atom is 0.233 e. The monoisotopic (exact) mass is 244 g/mol. The summed E-state index contributed by atoms with van der Waals surface area (Å²) in [7, 11) is 0. The molecule has 1 atom stereocenters. The Kier molecular flexibility index (Phi) is 7.39. The molecule has 0 saturated carbocycles. The van der Waals surface area contributed by atoms with Crippen molar-refractivity contribution in [1.82, 2.24) is 10.6 Å². The molecule has 0 spiro atoms. The van der Waals surface area contributed by atoms with Gasteiger partial charge in [0.2, 0.25) is 5.91 Å². The van der Waals surface area contributed by atoms with E-state index < -0.39 is 6.10 Å². The Morgan fingerprint density at radius 2 is 1.82 bits per heavy atom. The summed E-state index contributed by atoms with van der Waals surface area (Å²) in [5.41, 5.74) is 0.112. The first-order valence-electron chi connectivity index (χ1n) is 6.36. The summed E-state index contributed by atoms with van der Waals surface area (Å²) < 4.78 is 0. The lowest BCUT2D eigenvalue weighted by atomic mass is 9.89. The van der Waals surface area contributed by atoms with E-state index in [1.54, 1.807) is 0 Å². The van der Waals surface area contributed by atoms with Crippen molar-refractivity contribution in [2.24, 2.45) is 11.3 Å². The van der Waals surface area contributed by atoms with Crippen molar-refractivity contribution in [3.63, 3.8) is 0 Å². The Morgan fingerprint density at radius 1 is 1.24 bits per heavy atom. The first kappa shape index (κ1) is 16.4. The van der Waals surface area contributed by atoms with Crippen molar-refractivity contribution in [3.05, 3.63) is 0 Å². The minimum atomic E-state index is -0.395. The molecule has 0 aromatic rings. The van der Waals surface area contributed by atoms with E-state index in [0.29, 0.717) is 19.0 Å². The minimum Gasteiger partial charge on any atom is -0.392 e. The molecule has 4 nitrogen and oxygen atoms in total. The summed E-state index contributed by atoms with van der Waals surface area (Å²) in [4.78, 5) is 11.4. The average Bonchev–Trinajstić information content (AvgIpc) is 2.11. The van der Waals surface area contributed by atoms with E-state index in [-0.39, 0.29) is 17.9 Å². The fraction of sp³-hybridized carbons (Fsp3) is 0.923. The van der Waals surface area contributed by atoms with Crippen molar-refractivity contribution in [2.45, 2.75) is 47.1 Å². The lowest BCUT2D eigenvalue weighted by Crippen LogP contribution is -2.39. The van der Waals surface area contributed by atoms with Gasteiger partial charge in [0.25, 0.3) is 0 Å². The molecular formula is C13H28N2O2. The van der Waals surface area contributed by atoms with Gasteiger partial charge >= 0.3 is 0 Å². The maximum absolute atomic E-state index is 11.4. The zero-order valence-corrected chi connectivity index (χ0v) is 11.8. The highest BCUT2D eigenvalue weighted by atomic mass is 16.3.